The molecule has 0 spiro atoms. The summed E-state index contributed by atoms with van der Waals surface area (Å²) in [5, 5.41) is 0. The summed E-state index contributed by atoms with van der Waals surface area (Å²) < 4.78 is 28.9. The number of carbonyl (C=O) groups excluding carboxylic acids is 1. The molecule has 0 aliphatic heterocycles. The molecule has 1 saturated carbocycles. The van der Waals surface area contributed by atoms with E-state index in [9.17, 15) is 13.6 Å². The van der Waals surface area contributed by atoms with Crippen molar-refractivity contribution in [1.29, 1.82) is 0 Å². The largest absolute Gasteiger partial charge is 0.320 e. The molecule has 2 unspecified atom stereocenters. The molecular formula is C32H42F2N2O. The molecular weight excluding hydrogens is 466 g/mol. The first kappa shape index (κ1) is 27.5. The molecule has 0 saturated heterocycles. The predicted octanol–water partition coefficient (Wildman–Crippen LogP) is 9.40. The molecule has 3 aromatic rings. The molecule has 0 N–H and O–H groups in total. The summed E-state index contributed by atoms with van der Waals surface area (Å²) in [6.45, 7) is 1.87. The van der Waals surface area contributed by atoms with Crippen LogP contribution in [0.5, 0.6) is 0 Å². The van der Waals surface area contributed by atoms with E-state index in [1.54, 1.807) is 18.2 Å². The molecule has 1 aliphatic rings. The first-order chi connectivity index (χ1) is 17.9. The molecule has 200 valence electrons. The second kappa shape index (κ2) is 13.3. The second-order valence-electron chi connectivity index (χ2n) is 11.5. The van der Waals surface area contributed by atoms with Crippen molar-refractivity contribution < 1.29 is 13.6 Å². The Morgan fingerprint density at radius 2 is 1.76 bits per heavy atom. The van der Waals surface area contributed by atoms with Crippen molar-refractivity contribution in [2.24, 2.45) is 17.8 Å². The number of aromatic nitrogens is 2. The van der Waals surface area contributed by atoms with Gasteiger partial charge in [-0.15, -0.1) is 0 Å². The average Bonchev–Trinajstić information content (AvgIpc) is 3.14. The Labute approximate surface area is 220 Å². The number of para-hydroxylation sites is 2. The van der Waals surface area contributed by atoms with Gasteiger partial charge in [-0.1, -0.05) is 82.7 Å². The van der Waals surface area contributed by atoms with Gasteiger partial charge in [-0.25, -0.2) is 4.98 Å². The molecule has 3 nitrogen and oxygen atoms in total. The van der Waals surface area contributed by atoms with Crippen LogP contribution < -0.4 is 0 Å². The van der Waals surface area contributed by atoms with E-state index in [0.717, 1.165) is 67.4 Å². The Hall–Kier alpha value is -2.56. The third-order valence-electron chi connectivity index (χ3n) is 7.96. The highest BCUT2D eigenvalue weighted by atomic mass is 19.3. The Morgan fingerprint density at radius 1 is 0.973 bits per heavy atom. The molecule has 37 heavy (non-hydrogen) atoms. The third kappa shape index (κ3) is 7.72. The van der Waals surface area contributed by atoms with Gasteiger partial charge in [-0.3, -0.25) is 9.36 Å². The lowest BCUT2D eigenvalue weighted by Crippen LogP contribution is -2.09. The van der Waals surface area contributed by atoms with Crippen molar-refractivity contribution in [2.75, 3.05) is 0 Å². The van der Waals surface area contributed by atoms with E-state index in [2.05, 4.69) is 24.9 Å². The van der Waals surface area contributed by atoms with E-state index in [1.165, 1.54) is 31.2 Å². The van der Waals surface area contributed by atoms with E-state index in [1.807, 2.05) is 24.3 Å². The average molecular weight is 509 g/mol. The Kier molecular flexibility index (Phi) is 9.88. The maximum absolute atomic E-state index is 14.0. The molecule has 1 fully saturated rings. The summed E-state index contributed by atoms with van der Waals surface area (Å²) in [5.74, 6) is 2.60. The number of imidazole rings is 1. The smallest absolute Gasteiger partial charge is 0.300 e. The summed E-state index contributed by atoms with van der Waals surface area (Å²) in [6, 6.07) is 15.0. The van der Waals surface area contributed by atoms with Crippen molar-refractivity contribution in [3.05, 3.63) is 54.1 Å². The third-order valence-corrected chi connectivity index (χ3v) is 7.96. The number of Topliss-reactive ketones (excluding diaryl/α,β-unsaturated/α-hetero) is 1. The Morgan fingerprint density at radius 3 is 2.57 bits per heavy atom. The van der Waals surface area contributed by atoms with Crippen molar-refractivity contribution >= 4 is 16.8 Å². The lowest BCUT2D eigenvalue weighted by atomic mass is 9.90. The number of unbranched alkanes of at least 4 members (excludes halogenated alkanes) is 2. The van der Waals surface area contributed by atoms with E-state index in [4.69, 9.17) is 0 Å². The molecule has 1 aromatic heterocycles. The van der Waals surface area contributed by atoms with Crippen LogP contribution in [0.15, 0.2) is 48.5 Å². The number of rotatable bonds is 12. The maximum atomic E-state index is 14.0. The second-order valence-corrected chi connectivity index (χ2v) is 11.5. The summed E-state index contributed by atoms with van der Waals surface area (Å²) in [6.07, 6.45) is 12.9. The molecule has 0 amide bonds. The van der Waals surface area contributed by atoms with E-state index in [0.29, 0.717) is 34.5 Å². The number of hydrogen-bond acceptors (Lipinski definition) is 2. The summed E-state index contributed by atoms with van der Waals surface area (Å²) in [7, 11) is 0. The van der Waals surface area contributed by atoms with Gasteiger partial charge in [-0.2, -0.15) is 8.78 Å². The number of fused-ring (bicyclic) bond motifs is 1. The number of carbonyl (C=O) groups is 1. The number of benzene rings is 2. The number of alkyl halides is 2. The Balaban J connectivity index is 1.32. The van der Waals surface area contributed by atoms with E-state index < -0.39 is 6.55 Å². The van der Waals surface area contributed by atoms with Crippen LogP contribution >= 0.6 is 0 Å². The quantitative estimate of drug-likeness (QED) is 0.180. The van der Waals surface area contributed by atoms with E-state index >= 15 is 0 Å². The minimum atomic E-state index is -2.65. The fourth-order valence-electron chi connectivity index (χ4n) is 5.96. The first-order valence-electron chi connectivity index (χ1n) is 14.3. The molecule has 0 radical (unpaired) electrons. The molecule has 0 bridgehead atoms. The number of hydrogen-bond donors (Lipinski definition) is 0. The van der Waals surface area contributed by atoms with Crippen LogP contribution in [0.2, 0.25) is 0 Å². The van der Waals surface area contributed by atoms with Gasteiger partial charge in [0.1, 0.15) is 11.6 Å². The van der Waals surface area contributed by atoms with Gasteiger partial charge >= 0.3 is 6.55 Å². The number of halogens is 2. The van der Waals surface area contributed by atoms with Gasteiger partial charge in [0.2, 0.25) is 0 Å². The highest BCUT2D eigenvalue weighted by Crippen LogP contribution is 2.34. The van der Waals surface area contributed by atoms with Crippen LogP contribution in [-0.2, 0) is 11.2 Å². The SMILES string of the molecule is CC(C)CCCCCC(=O)CC1CCCC(Cc2cccc(-c3nc4ccccc4n3C(F)F)c2)CC1. The van der Waals surface area contributed by atoms with Crippen LogP contribution in [0.1, 0.15) is 96.6 Å². The van der Waals surface area contributed by atoms with Crippen molar-refractivity contribution in [3.8, 4) is 11.4 Å². The van der Waals surface area contributed by atoms with Crippen LogP contribution in [0, 0.1) is 17.8 Å². The normalized spacial score (nSPS) is 18.5. The van der Waals surface area contributed by atoms with E-state index in [-0.39, 0.29) is 0 Å². The van der Waals surface area contributed by atoms with Crippen LogP contribution in [0.25, 0.3) is 22.4 Å². The lowest BCUT2D eigenvalue weighted by molar-refractivity contribution is -0.120. The topological polar surface area (TPSA) is 34.9 Å². The van der Waals surface area contributed by atoms with Gasteiger partial charge < -0.3 is 0 Å². The minimum absolute atomic E-state index is 0.321. The first-order valence-corrected chi connectivity index (χ1v) is 14.3. The van der Waals surface area contributed by atoms with Gasteiger partial charge in [-0.05, 0) is 67.2 Å². The van der Waals surface area contributed by atoms with Crippen molar-refractivity contribution in [1.82, 2.24) is 9.55 Å². The minimum Gasteiger partial charge on any atom is -0.300 e. The molecule has 5 heteroatoms. The molecule has 1 aliphatic carbocycles. The predicted molar refractivity (Wildman–Crippen MR) is 148 cm³/mol. The van der Waals surface area contributed by atoms with Crippen LogP contribution in [-0.4, -0.2) is 15.3 Å². The van der Waals surface area contributed by atoms with Gasteiger partial charge in [0.05, 0.1) is 11.0 Å². The fraction of sp³-hybridized carbons (Fsp3) is 0.562. The number of ketones is 1. The Bertz CT molecular complexity index is 1150. The maximum Gasteiger partial charge on any atom is 0.320 e. The standard InChI is InChI=1S/C32H42F2N2O/c1-23(2)10-4-3-5-15-28(37)22-25-12-8-11-24(18-19-25)20-26-13-9-14-27(21-26)31-35-29-16-6-7-17-30(29)36(31)32(33)34/h6-7,9,13-14,16-17,21,23-25,32H,3-5,8,10-12,15,18-20,22H2,1-2H3. The zero-order valence-electron chi connectivity index (χ0n) is 22.5. The number of nitrogens with zero attached hydrogens (tertiary/aromatic N) is 2. The highest BCUT2D eigenvalue weighted by Gasteiger charge is 2.22. The van der Waals surface area contributed by atoms with Crippen molar-refractivity contribution in [3.63, 3.8) is 0 Å². The lowest BCUT2D eigenvalue weighted by Gasteiger charge is -2.16. The monoisotopic (exact) mass is 508 g/mol. The van der Waals surface area contributed by atoms with Gasteiger partial charge in [0.25, 0.3) is 0 Å². The molecule has 2 aromatic carbocycles. The fourth-order valence-corrected chi connectivity index (χ4v) is 5.96. The molecule has 1 heterocycles. The molecule has 4 rings (SSSR count). The molecule has 2 atom stereocenters. The van der Waals surface area contributed by atoms with Gasteiger partial charge in [0.15, 0.2) is 0 Å². The van der Waals surface area contributed by atoms with Crippen molar-refractivity contribution in [2.45, 2.75) is 97.4 Å². The summed E-state index contributed by atoms with van der Waals surface area (Å²) >= 11 is 0. The zero-order valence-corrected chi connectivity index (χ0v) is 22.5. The van der Waals surface area contributed by atoms with Gasteiger partial charge in [0, 0.05) is 18.4 Å². The van der Waals surface area contributed by atoms with Crippen LogP contribution in [0.4, 0.5) is 8.78 Å². The van der Waals surface area contributed by atoms with Crippen LogP contribution in [0.3, 0.4) is 0 Å². The summed E-state index contributed by atoms with van der Waals surface area (Å²) in [4.78, 5) is 17.1. The zero-order chi connectivity index (χ0) is 26.2. The summed E-state index contributed by atoms with van der Waals surface area (Å²) in [5.41, 5.74) is 2.95. The highest BCUT2D eigenvalue weighted by molar-refractivity contribution is 5.81.